The monoisotopic (exact) mass is 300 g/mol. The van der Waals surface area contributed by atoms with Gasteiger partial charge in [-0.1, -0.05) is 41.0 Å². The third kappa shape index (κ3) is 3.08. The highest BCUT2D eigenvalue weighted by Gasteiger charge is 2.46. The summed E-state index contributed by atoms with van der Waals surface area (Å²) in [5, 5.41) is -0.0781. The summed E-state index contributed by atoms with van der Waals surface area (Å²) in [6, 6.07) is 0. The maximum absolute atomic E-state index is 13.0. The Hall–Kier alpha value is -0.0500. The Kier molecular flexibility index (Phi) is 4.88. The molecule has 0 aromatic rings. The molecule has 2 nitrogen and oxygen atoms in total. The van der Waals surface area contributed by atoms with Gasteiger partial charge in [-0.2, -0.15) is 0 Å². The second-order valence-corrected chi connectivity index (χ2v) is 10.1. The van der Waals surface area contributed by atoms with Gasteiger partial charge in [-0.05, 0) is 54.8 Å². The molecule has 0 aromatic carbocycles. The third-order valence-corrected chi connectivity index (χ3v) is 8.61. The molecule has 7 atom stereocenters. The second-order valence-electron chi connectivity index (χ2n) is 7.87. The lowest BCUT2D eigenvalue weighted by Crippen LogP contribution is -2.35. The van der Waals surface area contributed by atoms with Gasteiger partial charge >= 0.3 is 0 Å². The molecule has 2 saturated carbocycles. The van der Waals surface area contributed by atoms with Crippen molar-refractivity contribution in [2.45, 2.75) is 65.6 Å². The fraction of sp³-hybridized carbons (Fsp3) is 1.00. The molecule has 2 aliphatic carbocycles. The summed E-state index contributed by atoms with van der Waals surface area (Å²) >= 11 is 0. The van der Waals surface area contributed by atoms with E-state index in [2.05, 4.69) is 34.6 Å². The first-order valence-corrected chi connectivity index (χ1v) is 10.2. The van der Waals surface area contributed by atoms with Crippen molar-refractivity contribution < 1.29 is 8.42 Å². The maximum atomic E-state index is 13.0. The maximum Gasteiger partial charge on any atom is 0.153 e. The molecular weight excluding hydrogens is 268 g/mol. The van der Waals surface area contributed by atoms with Crippen LogP contribution in [0.15, 0.2) is 0 Å². The number of hydrogen-bond acceptors (Lipinski definition) is 2. The van der Waals surface area contributed by atoms with Crippen molar-refractivity contribution in [2.75, 3.05) is 5.75 Å². The lowest BCUT2D eigenvalue weighted by atomic mass is 9.95. The summed E-state index contributed by atoms with van der Waals surface area (Å²) in [4.78, 5) is 0. The molecule has 0 radical (unpaired) electrons. The minimum atomic E-state index is -2.94. The molecule has 0 heterocycles. The molecule has 2 fully saturated rings. The van der Waals surface area contributed by atoms with Gasteiger partial charge in [-0.3, -0.25) is 0 Å². The molecule has 0 N–H and O–H groups in total. The fourth-order valence-electron chi connectivity index (χ4n) is 5.21. The predicted molar refractivity (Wildman–Crippen MR) is 85.4 cm³/mol. The fourth-order valence-corrected chi connectivity index (χ4v) is 8.31. The van der Waals surface area contributed by atoms with E-state index in [1.54, 1.807) is 0 Å². The van der Waals surface area contributed by atoms with Gasteiger partial charge in [-0.25, -0.2) is 8.42 Å². The van der Waals surface area contributed by atoms with Crippen LogP contribution in [0.4, 0.5) is 0 Å². The van der Waals surface area contributed by atoms with Crippen molar-refractivity contribution in [3.63, 3.8) is 0 Å². The van der Waals surface area contributed by atoms with Crippen LogP contribution in [0.1, 0.15) is 60.3 Å². The third-order valence-electron chi connectivity index (χ3n) is 6.07. The van der Waals surface area contributed by atoms with Gasteiger partial charge in [-0.15, -0.1) is 0 Å². The number of hydrogen-bond donors (Lipinski definition) is 0. The predicted octanol–water partition coefficient (Wildman–Crippen LogP) is 4.15. The van der Waals surface area contributed by atoms with Crippen molar-refractivity contribution >= 4 is 9.84 Å². The average Bonchev–Trinajstić information content (AvgIpc) is 2.78. The first-order chi connectivity index (χ1) is 9.26. The first-order valence-electron chi connectivity index (χ1n) is 8.47. The van der Waals surface area contributed by atoms with Gasteiger partial charge < -0.3 is 0 Å². The lowest BCUT2D eigenvalue weighted by Gasteiger charge is -2.26. The molecular formula is C17H32O2S. The largest absolute Gasteiger partial charge is 0.229 e. The molecule has 7 unspecified atom stereocenters. The van der Waals surface area contributed by atoms with E-state index in [4.69, 9.17) is 0 Å². The van der Waals surface area contributed by atoms with Crippen LogP contribution in [0.5, 0.6) is 0 Å². The van der Waals surface area contributed by atoms with Crippen LogP contribution in [-0.4, -0.2) is 19.4 Å². The smallest absolute Gasteiger partial charge is 0.153 e. The van der Waals surface area contributed by atoms with Crippen molar-refractivity contribution in [3.05, 3.63) is 0 Å². The molecule has 0 spiro atoms. The highest BCUT2D eigenvalue weighted by molar-refractivity contribution is 7.92. The standard InChI is InChI=1S/C17H32O2S/c1-6-16-13(4)9-14(5)17(16)20(18,19)10-15-8-11(2)7-12(15)3/h11-17H,6-10H2,1-5H3. The van der Waals surface area contributed by atoms with Crippen LogP contribution in [0, 0.1) is 35.5 Å². The molecule has 20 heavy (non-hydrogen) atoms. The number of rotatable bonds is 4. The van der Waals surface area contributed by atoms with Gasteiger partial charge in [0.2, 0.25) is 0 Å². The van der Waals surface area contributed by atoms with Crippen LogP contribution in [-0.2, 0) is 9.84 Å². The molecule has 2 aliphatic rings. The Morgan fingerprint density at radius 3 is 2.05 bits per heavy atom. The molecule has 0 saturated heterocycles. The van der Waals surface area contributed by atoms with Gasteiger partial charge in [0, 0.05) is 0 Å². The average molecular weight is 301 g/mol. The van der Waals surface area contributed by atoms with E-state index >= 15 is 0 Å². The molecule has 2 rings (SSSR count). The summed E-state index contributed by atoms with van der Waals surface area (Å²) in [6.07, 6.45) is 4.40. The molecule has 0 aromatic heterocycles. The van der Waals surface area contributed by atoms with Crippen LogP contribution < -0.4 is 0 Å². The minimum absolute atomic E-state index is 0.0781. The van der Waals surface area contributed by atoms with Crippen LogP contribution >= 0.6 is 0 Å². The van der Waals surface area contributed by atoms with E-state index in [0.29, 0.717) is 41.3 Å². The van der Waals surface area contributed by atoms with E-state index in [1.165, 1.54) is 6.42 Å². The quantitative estimate of drug-likeness (QED) is 0.781. The molecule has 118 valence electrons. The van der Waals surface area contributed by atoms with Crippen molar-refractivity contribution in [1.82, 2.24) is 0 Å². The SMILES string of the molecule is CCC1C(C)CC(C)C1S(=O)(=O)CC1CC(C)CC1C. The van der Waals surface area contributed by atoms with E-state index in [1.807, 2.05) is 0 Å². The summed E-state index contributed by atoms with van der Waals surface area (Å²) in [7, 11) is -2.94. The van der Waals surface area contributed by atoms with Gasteiger partial charge in [0.05, 0.1) is 11.0 Å². The summed E-state index contributed by atoms with van der Waals surface area (Å²) in [5.74, 6) is 3.40. The summed E-state index contributed by atoms with van der Waals surface area (Å²) < 4.78 is 25.9. The Balaban J connectivity index is 2.13. The normalized spacial score (nSPS) is 46.0. The Morgan fingerprint density at radius 2 is 1.55 bits per heavy atom. The van der Waals surface area contributed by atoms with Crippen molar-refractivity contribution in [1.29, 1.82) is 0 Å². The molecule has 0 bridgehead atoms. The Labute approximate surface area is 125 Å². The first kappa shape index (κ1) is 16.3. The molecule has 0 aliphatic heterocycles. The van der Waals surface area contributed by atoms with Crippen molar-refractivity contribution in [2.24, 2.45) is 35.5 Å². The lowest BCUT2D eigenvalue weighted by molar-refractivity contribution is 0.397. The zero-order chi connectivity index (χ0) is 15.1. The van der Waals surface area contributed by atoms with Gasteiger partial charge in [0.25, 0.3) is 0 Å². The van der Waals surface area contributed by atoms with Crippen LogP contribution in [0.3, 0.4) is 0 Å². The van der Waals surface area contributed by atoms with Gasteiger partial charge in [0.1, 0.15) is 0 Å². The van der Waals surface area contributed by atoms with E-state index in [-0.39, 0.29) is 5.25 Å². The Morgan fingerprint density at radius 1 is 0.900 bits per heavy atom. The highest BCUT2D eigenvalue weighted by atomic mass is 32.2. The zero-order valence-corrected chi connectivity index (χ0v) is 14.6. The summed E-state index contributed by atoms with van der Waals surface area (Å²) in [5.41, 5.74) is 0. The van der Waals surface area contributed by atoms with E-state index in [0.717, 1.165) is 19.3 Å². The summed E-state index contributed by atoms with van der Waals surface area (Å²) in [6.45, 7) is 11.0. The van der Waals surface area contributed by atoms with Crippen LogP contribution in [0.2, 0.25) is 0 Å². The molecule has 0 amide bonds. The minimum Gasteiger partial charge on any atom is -0.229 e. The topological polar surface area (TPSA) is 34.1 Å². The van der Waals surface area contributed by atoms with Crippen molar-refractivity contribution in [3.8, 4) is 0 Å². The van der Waals surface area contributed by atoms with E-state index in [9.17, 15) is 8.42 Å². The van der Waals surface area contributed by atoms with Gasteiger partial charge in [0.15, 0.2) is 9.84 Å². The second kappa shape index (κ2) is 5.98. The van der Waals surface area contributed by atoms with E-state index < -0.39 is 9.84 Å². The molecule has 3 heteroatoms. The van der Waals surface area contributed by atoms with Crippen LogP contribution in [0.25, 0.3) is 0 Å². The highest BCUT2D eigenvalue weighted by Crippen LogP contribution is 2.44. The number of sulfone groups is 1. The zero-order valence-electron chi connectivity index (χ0n) is 13.8. The Bertz CT molecular complexity index is 428.